The minimum absolute atomic E-state index is 0.0957. The van der Waals surface area contributed by atoms with Gasteiger partial charge in [0.15, 0.2) is 0 Å². The second-order valence-electron chi connectivity index (χ2n) is 9.61. The van der Waals surface area contributed by atoms with E-state index in [2.05, 4.69) is 4.72 Å². The van der Waals surface area contributed by atoms with Crippen molar-refractivity contribution in [2.45, 2.75) is 55.4 Å². The van der Waals surface area contributed by atoms with Crippen LogP contribution in [0.15, 0.2) is 76.7 Å². The molecule has 3 aromatic rings. The SMILES string of the molecule is O=S(=O)(NCC1=NN(c2ccc(Cl)cc2Cl)C(c2ccc(Cl)cc2)C1)c1ccc(C2CCCCC2)cc1. The van der Waals surface area contributed by atoms with Crippen LogP contribution in [0.1, 0.15) is 61.6 Å². The zero-order chi connectivity index (χ0) is 26.0. The molecule has 0 bridgehead atoms. The zero-order valence-corrected chi connectivity index (χ0v) is 23.3. The van der Waals surface area contributed by atoms with E-state index in [1.807, 2.05) is 47.5 Å². The van der Waals surface area contributed by atoms with Gasteiger partial charge in [-0.2, -0.15) is 5.10 Å². The summed E-state index contributed by atoms with van der Waals surface area (Å²) < 4.78 is 28.9. The lowest BCUT2D eigenvalue weighted by Gasteiger charge is -2.25. The van der Waals surface area contributed by atoms with Gasteiger partial charge >= 0.3 is 0 Å². The van der Waals surface area contributed by atoms with Gasteiger partial charge in [-0.15, -0.1) is 0 Å². The van der Waals surface area contributed by atoms with Crippen LogP contribution in [0.5, 0.6) is 0 Å². The Morgan fingerprint density at radius 2 is 1.49 bits per heavy atom. The third-order valence-electron chi connectivity index (χ3n) is 7.12. The van der Waals surface area contributed by atoms with Gasteiger partial charge in [0.1, 0.15) is 0 Å². The predicted octanol–water partition coefficient (Wildman–Crippen LogP) is 7.98. The van der Waals surface area contributed by atoms with Crippen LogP contribution in [0.25, 0.3) is 0 Å². The summed E-state index contributed by atoms with van der Waals surface area (Å²) in [6, 6.07) is 20.0. The highest BCUT2D eigenvalue weighted by molar-refractivity contribution is 7.89. The van der Waals surface area contributed by atoms with Crippen molar-refractivity contribution in [2.24, 2.45) is 5.10 Å². The highest BCUT2D eigenvalue weighted by Crippen LogP contribution is 2.40. The van der Waals surface area contributed by atoms with E-state index in [4.69, 9.17) is 39.9 Å². The van der Waals surface area contributed by atoms with Crippen molar-refractivity contribution in [3.05, 3.63) is 92.9 Å². The smallest absolute Gasteiger partial charge is 0.240 e. The van der Waals surface area contributed by atoms with Gasteiger partial charge < -0.3 is 0 Å². The van der Waals surface area contributed by atoms with Gasteiger partial charge in [0.25, 0.3) is 0 Å². The van der Waals surface area contributed by atoms with E-state index < -0.39 is 10.0 Å². The number of hydrogen-bond donors (Lipinski definition) is 1. The summed E-state index contributed by atoms with van der Waals surface area (Å²) in [6.07, 6.45) is 6.65. The fraction of sp³-hybridized carbons (Fsp3) is 0.321. The van der Waals surface area contributed by atoms with Gasteiger partial charge in [0.05, 0.1) is 33.9 Å². The van der Waals surface area contributed by atoms with Crippen LogP contribution in [0.2, 0.25) is 15.1 Å². The molecule has 1 saturated carbocycles. The van der Waals surface area contributed by atoms with Crippen LogP contribution in [-0.2, 0) is 10.0 Å². The molecular formula is C28H28Cl3N3O2S. The number of hydrazone groups is 1. The van der Waals surface area contributed by atoms with Gasteiger partial charge in [-0.25, -0.2) is 13.1 Å². The Hall–Kier alpha value is -2.09. The molecular weight excluding hydrogens is 549 g/mol. The second-order valence-corrected chi connectivity index (χ2v) is 12.7. The monoisotopic (exact) mass is 575 g/mol. The molecule has 9 heteroatoms. The molecule has 0 aromatic heterocycles. The van der Waals surface area contributed by atoms with Crippen LogP contribution < -0.4 is 9.73 Å². The summed E-state index contributed by atoms with van der Waals surface area (Å²) in [5.41, 5.74) is 3.62. The number of sulfonamides is 1. The average Bonchev–Trinajstić information content (AvgIpc) is 3.32. The van der Waals surface area contributed by atoms with Gasteiger partial charge in [-0.05, 0) is 72.4 Å². The van der Waals surface area contributed by atoms with E-state index in [0.717, 1.165) is 5.56 Å². The van der Waals surface area contributed by atoms with Gasteiger partial charge in [0, 0.05) is 16.5 Å². The number of halogens is 3. The van der Waals surface area contributed by atoms with E-state index >= 15 is 0 Å². The van der Waals surface area contributed by atoms with Crippen molar-refractivity contribution in [2.75, 3.05) is 11.6 Å². The molecule has 1 aliphatic heterocycles. The standard InChI is InChI=1S/C28H28Cl3N3O2S/c29-22-10-6-21(7-11-22)28-17-24(33-34(28)27-15-12-23(30)16-26(27)31)18-32-37(35,36)25-13-8-20(9-14-25)19-4-2-1-3-5-19/h6-16,19,28,32H,1-5,17-18H2. The molecule has 5 rings (SSSR count). The molecule has 1 heterocycles. The van der Waals surface area contributed by atoms with E-state index in [1.165, 1.54) is 37.7 Å². The fourth-order valence-electron chi connectivity index (χ4n) is 5.13. The molecule has 1 fully saturated rings. The van der Waals surface area contributed by atoms with Crippen molar-refractivity contribution < 1.29 is 8.42 Å². The van der Waals surface area contributed by atoms with Crippen LogP contribution in [0, 0.1) is 0 Å². The molecule has 0 amide bonds. The van der Waals surface area contributed by atoms with Crippen LogP contribution >= 0.6 is 34.8 Å². The first kappa shape index (κ1) is 26.5. The molecule has 0 radical (unpaired) electrons. The number of benzene rings is 3. The summed E-state index contributed by atoms with van der Waals surface area (Å²) >= 11 is 18.7. The van der Waals surface area contributed by atoms with Crippen molar-refractivity contribution in [1.29, 1.82) is 0 Å². The first-order valence-corrected chi connectivity index (χ1v) is 15.1. The van der Waals surface area contributed by atoms with Gasteiger partial charge in [-0.3, -0.25) is 5.01 Å². The Kier molecular flexibility index (Phi) is 8.13. The van der Waals surface area contributed by atoms with E-state index in [1.54, 1.807) is 24.3 Å². The largest absolute Gasteiger partial charge is 0.256 e. The number of anilines is 1. The Morgan fingerprint density at radius 3 is 2.16 bits per heavy atom. The molecule has 3 aromatic carbocycles. The number of nitrogens with one attached hydrogen (secondary N) is 1. The van der Waals surface area contributed by atoms with Gasteiger partial charge in [-0.1, -0.05) is 78.3 Å². The third kappa shape index (κ3) is 6.15. The summed E-state index contributed by atoms with van der Waals surface area (Å²) in [7, 11) is -3.69. The summed E-state index contributed by atoms with van der Waals surface area (Å²) in [5, 5.41) is 8.23. The van der Waals surface area contributed by atoms with Crippen molar-refractivity contribution in [3.63, 3.8) is 0 Å². The molecule has 0 saturated heterocycles. The summed E-state index contributed by atoms with van der Waals surface area (Å²) in [6.45, 7) is 0.0957. The normalized spacial score (nSPS) is 18.7. The van der Waals surface area contributed by atoms with Crippen LogP contribution in [0.3, 0.4) is 0 Å². The van der Waals surface area contributed by atoms with Crippen molar-refractivity contribution in [1.82, 2.24) is 4.72 Å². The molecule has 0 spiro atoms. The molecule has 37 heavy (non-hydrogen) atoms. The lowest BCUT2D eigenvalue weighted by atomic mass is 9.84. The molecule has 2 aliphatic rings. The highest BCUT2D eigenvalue weighted by atomic mass is 35.5. The zero-order valence-electron chi connectivity index (χ0n) is 20.2. The predicted molar refractivity (Wildman–Crippen MR) is 153 cm³/mol. The van der Waals surface area contributed by atoms with Crippen molar-refractivity contribution in [3.8, 4) is 0 Å². The number of nitrogens with zero attached hydrogens (tertiary/aromatic N) is 2. The topological polar surface area (TPSA) is 61.8 Å². The first-order valence-electron chi connectivity index (χ1n) is 12.5. The molecule has 1 atom stereocenters. The maximum absolute atomic E-state index is 13.1. The Bertz CT molecular complexity index is 1390. The van der Waals surface area contributed by atoms with Gasteiger partial charge in [0.2, 0.25) is 10.0 Å². The molecule has 1 N–H and O–H groups in total. The van der Waals surface area contributed by atoms with Crippen molar-refractivity contribution >= 4 is 56.2 Å². The molecule has 5 nitrogen and oxygen atoms in total. The second kappa shape index (κ2) is 11.3. The lowest BCUT2D eigenvalue weighted by molar-refractivity contribution is 0.443. The third-order valence-corrected chi connectivity index (χ3v) is 9.32. The Balaban J connectivity index is 1.33. The minimum atomic E-state index is -3.69. The lowest BCUT2D eigenvalue weighted by Crippen LogP contribution is -2.29. The molecule has 1 aliphatic carbocycles. The van der Waals surface area contributed by atoms with Crippen LogP contribution in [0.4, 0.5) is 5.69 Å². The fourth-order valence-corrected chi connectivity index (χ4v) is 6.77. The maximum atomic E-state index is 13.1. The number of hydrogen-bond acceptors (Lipinski definition) is 4. The van der Waals surface area contributed by atoms with E-state index in [0.29, 0.717) is 38.8 Å². The number of rotatable bonds is 7. The summed E-state index contributed by atoms with van der Waals surface area (Å²) in [5.74, 6) is 0.529. The first-order chi connectivity index (χ1) is 17.8. The van der Waals surface area contributed by atoms with E-state index in [-0.39, 0.29) is 17.5 Å². The Labute approximate surface area is 233 Å². The van der Waals surface area contributed by atoms with E-state index in [9.17, 15) is 8.42 Å². The minimum Gasteiger partial charge on any atom is -0.256 e. The molecule has 1 unspecified atom stereocenters. The molecule has 194 valence electrons. The highest BCUT2D eigenvalue weighted by Gasteiger charge is 2.31. The summed E-state index contributed by atoms with van der Waals surface area (Å²) in [4.78, 5) is 0.262. The maximum Gasteiger partial charge on any atom is 0.240 e. The average molecular weight is 577 g/mol. The van der Waals surface area contributed by atoms with Crippen LogP contribution in [-0.4, -0.2) is 20.7 Å². The quantitative estimate of drug-likeness (QED) is 0.310. The Morgan fingerprint density at radius 1 is 0.838 bits per heavy atom.